The highest BCUT2D eigenvalue weighted by molar-refractivity contribution is 5.75. The molecule has 0 radical (unpaired) electrons. The summed E-state index contributed by atoms with van der Waals surface area (Å²) in [6.07, 6.45) is -2.02. The van der Waals surface area contributed by atoms with Gasteiger partial charge in [0, 0.05) is 37.4 Å². The van der Waals surface area contributed by atoms with Gasteiger partial charge in [0.05, 0.1) is 17.9 Å². The molecule has 2 aromatic rings. The second-order valence-corrected chi connectivity index (χ2v) is 7.15. The zero-order chi connectivity index (χ0) is 19.9. The Morgan fingerprint density at radius 3 is 2.93 bits per heavy atom. The maximum Gasteiger partial charge on any atom is 0.418 e. The predicted octanol–water partition coefficient (Wildman–Crippen LogP) is 4.14. The molecule has 4 rings (SSSR count). The van der Waals surface area contributed by atoms with Crippen molar-refractivity contribution < 1.29 is 17.9 Å². The van der Waals surface area contributed by atoms with Crippen LogP contribution in [0.2, 0.25) is 0 Å². The van der Waals surface area contributed by atoms with Crippen LogP contribution in [0.5, 0.6) is 5.88 Å². The van der Waals surface area contributed by atoms with Crippen molar-refractivity contribution >= 4 is 17.1 Å². The molecule has 0 bridgehead atoms. The summed E-state index contributed by atoms with van der Waals surface area (Å²) in [5.41, 5.74) is 1.36. The molecule has 1 saturated heterocycles. The Bertz CT molecular complexity index is 871. The molecule has 1 aromatic carbocycles. The molecule has 0 spiro atoms. The first-order valence-corrected chi connectivity index (χ1v) is 9.43. The third kappa shape index (κ3) is 3.26. The lowest BCUT2D eigenvalue weighted by molar-refractivity contribution is -0.137. The molecule has 1 fully saturated rings. The van der Waals surface area contributed by atoms with Crippen LogP contribution in [0.25, 0.3) is 0 Å². The molecule has 0 unspecified atom stereocenters. The number of piperidine rings is 1. The Morgan fingerprint density at radius 1 is 1.36 bits per heavy atom. The first-order valence-electron chi connectivity index (χ1n) is 9.43. The van der Waals surface area contributed by atoms with E-state index in [9.17, 15) is 13.2 Å². The number of likely N-dealkylation sites (N-methyl/N-ethyl adjacent to an activating group) is 1. The maximum absolute atomic E-state index is 13.9. The van der Waals surface area contributed by atoms with Crippen molar-refractivity contribution in [1.82, 2.24) is 10.3 Å². The summed E-state index contributed by atoms with van der Waals surface area (Å²) < 4.78 is 47.2. The highest BCUT2D eigenvalue weighted by Crippen LogP contribution is 2.50. The fourth-order valence-corrected chi connectivity index (χ4v) is 4.31. The van der Waals surface area contributed by atoms with E-state index in [-0.39, 0.29) is 12.0 Å². The van der Waals surface area contributed by atoms with Crippen LogP contribution in [0.15, 0.2) is 30.5 Å². The van der Waals surface area contributed by atoms with Crippen molar-refractivity contribution in [3.8, 4) is 5.88 Å². The van der Waals surface area contributed by atoms with E-state index in [2.05, 4.69) is 15.6 Å². The topological polar surface area (TPSA) is 49.4 Å². The number of alkyl halides is 3. The lowest BCUT2D eigenvalue weighted by atomic mass is 9.89. The van der Waals surface area contributed by atoms with Gasteiger partial charge in [0.15, 0.2) is 0 Å². The van der Waals surface area contributed by atoms with Gasteiger partial charge in [0.1, 0.15) is 5.69 Å². The molecule has 2 aliphatic heterocycles. The first kappa shape index (κ1) is 18.9. The molecular weight excluding hydrogens is 369 g/mol. The van der Waals surface area contributed by atoms with Crippen LogP contribution >= 0.6 is 0 Å². The van der Waals surface area contributed by atoms with Crippen molar-refractivity contribution in [2.45, 2.75) is 31.5 Å². The molecule has 28 heavy (non-hydrogen) atoms. The molecule has 150 valence electrons. The third-order valence-corrected chi connectivity index (χ3v) is 5.47. The van der Waals surface area contributed by atoms with Gasteiger partial charge in [-0.25, -0.2) is 4.98 Å². The van der Waals surface area contributed by atoms with Crippen LogP contribution in [0.3, 0.4) is 0 Å². The van der Waals surface area contributed by atoms with Crippen molar-refractivity contribution in [3.05, 3.63) is 41.6 Å². The highest BCUT2D eigenvalue weighted by Gasteiger charge is 2.45. The van der Waals surface area contributed by atoms with Crippen molar-refractivity contribution in [2.24, 2.45) is 0 Å². The SMILES string of the molecule is CCOc1ncccc1Nc1cc2c(c(C(F)(F)F)c1)N(C)[C@H]1CCNC[C@@H]21. The smallest absolute Gasteiger partial charge is 0.418 e. The number of hydrogen-bond donors (Lipinski definition) is 2. The standard InChI is InChI=1S/C20H23F3N4O/c1-3-28-19-16(5-4-7-25-19)26-12-9-13-14-11-24-8-6-17(14)27(2)18(13)15(10-12)20(21,22)23/h4-5,7,9-10,14,17,24,26H,3,6,8,11H2,1-2H3/t14-,17-/m0/s1. The number of nitrogens with zero attached hydrogens (tertiary/aromatic N) is 2. The Kier molecular flexibility index (Phi) is 4.82. The van der Waals surface area contributed by atoms with Gasteiger partial charge in [-0.15, -0.1) is 0 Å². The minimum Gasteiger partial charge on any atom is -0.476 e. The number of fused-ring (bicyclic) bond motifs is 3. The van der Waals surface area contributed by atoms with Crippen LogP contribution in [-0.4, -0.2) is 37.8 Å². The Balaban J connectivity index is 1.79. The lowest BCUT2D eigenvalue weighted by Crippen LogP contribution is -2.42. The van der Waals surface area contributed by atoms with E-state index >= 15 is 0 Å². The fraction of sp³-hybridized carbons (Fsp3) is 0.450. The lowest BCUT2D eigenvalue weighted by Gasteiger charge is -2.31. The molecule has 2 N–H and O–H groups in total. The quantitative estimate of drug-likeness (QED) is 0.819. The van der Waals surface area contributed by atoms with Crippen LogP contribution in [0.1, 0.15) is 30.4 Å². The van der Waals surface area contributed by atoms with Crippen LogP contribution in [0, 0.1) is 0 Å². The van der Waals surface area contributed by atoms with E-state index < -0.39 is 11.7 Å². The molecule has 3 heterocycles. The number of aromatic nitrogens is 1. The van der Waals surface area contributed by atoms with Gasteiger partial charge in [-0.1, -0.05) is 0 Å². The Labute approximate surface area is 161 Å². The number of ether oxygens (including phenoxy) is 1. The summed E-state index contributed by atoms with van der Waals surface area (Å²) in [7, 11) is 1.77. The second-order valence-electron chi connectivity index (χ2n) is 7.15. The van der Waals surface area contributed by atoms with E-state index in [0.717, 1.165) is 18.5 Å². The minimum atomic E-state index is -4.44. The van der Waals surface area contributed by atoms with Crippen molar-refractivity contribution in [2.75, 3.05) is 37.0 Å². The van der Waals surface area contributed by atoms with Crippen LogP contribution in [-0.2, 0) is 6.18 Å². The largest absolute Gasteiger partial charge is 0.476 e. The van der Waals surface area contributed by atoms with E-state index in [1.807, 2.05) is 17.9 Å². The van der Waals surface area contributed by atoms with E-state index in [1.165, 1.54) is 6.07 Å². The minimum absolute atomic E-state index is 0.0388. The summed E-state index contributed by atoms with van der Waals surface area (Å²) in [6, 6.07) is 6.57. The third-order valence-electron chi connectivity index (χ3n) is 5.47. The molecule has 2 aliphatic rings. The van der Waals surface area contributed by atoms with E-state index in [1.54, 1.807) is 25.4 Å². The molecule has 2 atom stereocenters. The van der Waals surface area contributed by atoms with Gasteiger partial charge in [-0.2, -0.15) is 13.2 Å². The van der Waals surface area contributed by atoms with E-state index in [0.29, 0.717) is 36.1 Å². The number of hydrogen-bond acceptors (Lipinski definition) is 5. The van der Waals surface area contributed by atoms with Crippen LogP contribution in [0.4, 0.5) is 30.2 Å². The zero-order valence-corrected chi connectivity index (χ0v) is 15.8. The number of nitrogens with one attached hydrogen (secondary N) is 2. The second kappa shape index (κ2) is 7.16. The normalized spacial score (nSPS) is 21.2. The monoisotopic (exact) mass is 392 g/mol. The highest BCUT2D eigenvalue weighted by atomic mass is 19.4. The zero-order valence-electron chi connectivity index (χ0n) is 15.8. The van der Waals surface area contributed by atoms with Gasteiger partial charge >= 0.3 is 6.18 Å². The number of pyridine rings is 1. The first-order chi connectivity index (χ1) is 13.4. The van der Waals surface area contributed by atoms with Gasteiger partial charge in [-0.05, 0) is 49.7 Å². The van der Waals surface area contributed by atoms with E-state index in [4.69, 9.17) is 4.74 Å². The molecule has 5 nitrogen and oxygen atoms in total. The average molecular weight is 392 g/mol. The Morgan fingerprint density at radius 2 is 2.18 bits per heavy atom. The summed E-state index contributed by atoms with van der Waals surface area (Å²) in [5.74, 6) is 0.408. The van der Waals surface area contributed by atoms with Crippen LogP contribution < -0.4 is 20.3 Å². The summed E-state index contributed by atoms with van der Waals surface area (Å²) in [6.45, 7) is 3.75. The number of halogens is 3. The predicted molar refractivity (Wildman–Crippen MR) is 103 cm³/mol. The molecule has 8 heteroatoms. The molecular formula is C20H23F3N4O. The Hall–Kier alpha value is -2.48. The van der Waals surface area contributed by atoms with Crippen molar-refractivity contribution in [3.63, 3.8) is 0 Å². The molecule has 0 aliphatic carbocycles. The van der Waals surface area contributed by atoms with Gasteiger partial charge in [-0.3, -0.25) is 0 Å². The number of benzene rings is 1. The number of anilines is 3. The molecule has 0 saturated carbocycles. The van der Waals surface area contributed by atoms with Gasteiger partial charge < -0.3 is 20.3 Å². The summed E-state index contributed by atoms with van der Waals surface area (Å²) >= 11 is 0. The average Bonchev–Trinajstić information content (AvgIpc) is 2.95. The molecule has 0 amide bonds. The maximum atomic E-state index is 13.9. The summed E-state index contributed by atoms with van der Waals surface area (Å²) in [5, 5.41) is 6.40. The summed E-state index contributed by atoms with van der Waals surface area (Å²) in [4.78, 5) is 5.97. The van der Waals surface area contributed by atoms with Gasteiger partial charge in [0.25, 0.3) is 0 Å². The van der Waals surface area contributed by atoms with Crippen molar-refractivity contribution in [1.29, 1.82) is 0 Å². The fourth-order valence-electron chi connectivity index (χ4n) is 4.31. The number of rotatable bonds is 4. The van der Waals surface area contributed by atoms with Gasteiger partial charge in [0.2, 0.25) is 5.88 Å². The molecule has 1 aromatic heterocycles.